The van der Waals surface area contributed by atoms with Crippen molar-refractivity contribution in [2.45, 2.75) is 19.4 Å². The number of carbonyl (C=O) groups is 2. The highest BCUT2D eigenvalue weighted by atomic mass is 32.1. The molecule has 1 aromatic heterocycles. The molecule has 9 heteroatoms. The average molecular weight is 505 g/mol. The first-order valence-corrected chi connectivity index (χ1v) is 12.1. The number of aliphatic hydroxyl groups is 1. The number of ether oxygens (including phenoxy) is 1. The molecule has 0 radical (unpaired) electrons. The van der Waals surface area contributed by atoms with Crippen LogP contribution < -0.4 is 9.64 Å². The number of Topliss-reactive ketones (excluding diaryl/α,β-unsaturated/α-hetero) is 1. The van der Waals surface area contributed by atoms with Gasteiger partial charge in [0.05, 0.1) is 28.4 Å². The predicted octanol–water partition coefficient (Wildman–Crippen LogP) is 5.56. The van der Waals surface area contributed by atoms with E-state index in [2.05, 4.69) is 4.98 Å². The molecule has 1 amide bonds. The van der Waals surface area contributed by atoms with Gasteiger partial charge in [-0.15, -0.1) is 0 Å². The number of carbonyl (C=O) groups excluding carboxylic acids is 2. The van der Waals surface area contributed by atoms with Gasteiger partial charge in [-0.3, -0.25) is 14.5 Å². The summed E-state index contributed by atoms with van der Waals surface area (Å²) in [6.07, 6.45) is 0.797. The molecule has 1 fully saturated rings. The first-order chi connectivity index (χ1) is 17.4. The van der Waals surface area contributed by atoms with Crippen molar-refractivity contribution in [3.05, 3.63) is 89.2 Å². The highest BCUT2D eigenvalue weighted by Crippen LogP contribution is 2.45. The fourth-order valence-electron chi connectivity index (χ4n) is 4.14. The molecular weight excluding hydrogens is 483 g/mol. The number of ketones is 1. The van der Waals surface area contributed by atoms with Gasteiger partial charge in [-0.2, -0.15) is 0 Å². The molecular formula is C27H21FN2O5S. The number of aromatic nitrogens is 1. The van der Waals surface area contributed by atoms with Crippen molar-refractivity contribution in [2.24, 2.45) is 0 Å². The molecule has 1 atom stereocenters. The number of nitrogens with zero attached hydrogens (tertiary/aromatic N) is 2. The topological polar surface area (TPSA) is 100.0 Å². The number of rotatable bonds is 6. The standard InChI is InChI=1S/C27H21FN2O5S/c1-2-11-35-19-8-4-6-16(13-19)24(32)22-23(15-5-3-7-18(31)12-15)30(26(34)25(22)33)27-29-20-10-9-17(28)14-21(20)36-27/h3-10,12-14,23,31-32H,2,11H2,1H3. The van der Waals surface area contributed by atoms with Gasteiger partial charge in [0.2, 0.25) is 0 Å². The van der Waals surface area contributed by atoms with E-state index in [0.717, 1.165) is 17.8 Å². The number of phenols is 1. The second-order valence-electron chi connectivity index (χ2n) is 8.25. The van der Waals surface area contributed by atoms with Crippen molar-refractivity contribution in [3.63, 3.8) is 0 Å². The molecule has 7 nitrogen and oxygen atoms in total. The molecule has 36 heavy (non-hydrogen) atoms. The van der Waals surface area contributed by atoms with Gasteiger partial charge in [0, 0.05) is 5.56 Å². The lowest BCUT2D eigenvalue weighted by atomic mass is 9.95. The van der Waals surface area contributed by atoms with Crippen molar-refractivity contribution in [2.75, 3.05) is 11.5 Å². The maximum Gasteiger partial charge on any atom is 0.301 e. The van der Waals surface area contributed by atoms with E-state index in [1.54, 1.807) is 36.4 Å². The van der Waals surface area contributed by atoms with Crippen molar-refractivity contribution >= 4 is 44.1 Å². The van der Waals surface area contributed by atoms with E-state index in [-0.39, 0.29) is 22.2 Å². The number of aliphatic hydroxyl groups excluding tert-OH is 1. The summed E-state index contributed by atoms with van der Waals surface area (Å²) in [6.45, 7) is 2.45. The maximum absolute atomic E-state index is 13.8. The van der Waals surface area contributed by atoms with Crippen LogP contribution in [0.1, 0.15) is 30.5 Å². The fourth-order valence-corrected chi connectivity index (χ4v) is 5.16. The van der Waals surface area contributed by atoms with Crippen LogP contribution in [0.4, 0.5) is 9.52 Å². The third-order valence-corrected chi connectivity index (χ3v) is 6.77. The summed E-state index contributed by atoms with van der Waals surface area (Å²) in [5.41, 5.74) is 1.02. The Balaban J connectivity index is 1.69. The zero-order valence-corrected chi connectivity index (χ0v) is 20.0. The van der Waals surface area contributed by atoms with Gasteiger partial charge < -0.3 is 14.9 Å². The lowest BCUT2D eigenvalue weighted by Gasteiger charge is -2.23. The van der Waals surface area contributed by atoms with E-state index >= 15 is 0 Å². The number of amides is 1. The van der Waals surface area contributed by atoms with Gasteiger partial charge in [0.1, 0.15) is 23.1 Å². The first kappa shape index (κ1) is 23.5. The smallest absolute Gasteiger partial charge is 0.301 e. The van der Waals surface area contributed by atoms with E-state index in [1.807, 2.05) is 6.92 Å². The molecule has 3 aromatic carbocycles. The van der Waals surface area contributed by atoms with Crippen molar-refractivity contribution in [1.82, 2.24) is 4.98 Å². The number of anilines is 1. The van der Waals surface area contributed by atoms with Crippen molar-refractivity contribution in [3.8, 4) is 11.5 Å². The summed E-state index contributed by atoms with van der Waals surface area (Å²) >= 11 is 1.05. The highest BCUT2D eigenvalue weighted by molar-refractivity contribution is 7.22. The van der Waals surface area contributed by atoms with Crippen LogP contribution in [0.3, 0.4) is 0 Å². The Hall–Kier alpha value is -4.24. The maximum atomic E-state index is 13.8. The third-order valence-electron chi connectivity index (χ3n) is 5.76. The largest absolute Gasteiger partial charge is 0.508 e. The number of aromatic hydroxyl groups is 1. The Bertz CT molecular complexity index is 1530. The quantitative estimate of drug-likeness (QED) is 0.203. The molecule has 1 saturated heterocycles. The molecule has 1 aliphatic heterocycles. The van der Waals surface area contributed by atoms with E-state index < -0.39 is 23.5 Å². The van der Waals surface area contributed by atoms with Gasteiger partial charge >= 0.3 is 5.91 Å². The van der Waals surface area contributed by atoms with E-state index in [9.17, 15) is 24.2 Å². The minimum Gasteiger partial charge on any atom is -0.508 e. The van der Waals surface area contributed by atoms with E-state index in [0.29, 0.717) is 33.7 Å². The van der Waals surface area contributed by atoms with Gasteiger partial charge in [-0.05, 0) is 54.4 Å². The van der Waals surface area contributed by atoms with Crippen LogP contribution in [-0.4, -0.2) is 33.5 Å². The Morgan fingerprint density at radius 1 is 1.11 bits per heavy atom. The predicted molar refractivity (Wildman–Crippen MR) is 135 cm³/mol. The SMILES string of the molecule is CCCOc1cccc(C(O)=C2C(=O)C(=O)N(c3nc4ccc(F)cc4s3)C2c2cccc(O)c2)c1. The zero-order valence-electron chi connectivity index (χ0n) is 19.1. The fraction of sp³-hybridized carbons (Fsp3) is 0.148. The van der Waals surface area contributed by atoms with Gasteiger partial charge in [-0.1, -0.05) is 42.5 Å². The highest BCUT2D eigenvalue weighted by Gasteiger charge is 2.48. The number of hydrogen-bond acceptors (Lipinski definition) is 7. The third kappa shape index (κ3) is 4.18. The molecule has 0 spiro atoms. The number of phenolic OH excluding ortho intramolecular Hbond substituents is 1. The molecule has 2 N–H and O–H groups in total. The van der Waals surface area contributed by atoms with Gasteiger partial charge in [0.15, 0.2) is 5.13 Å². The molecule has 2 heterocycles. The molecule has 0 aliphatic carbocycles. The lowest BCUT2D eigenvalue weighted by Crippen LogP contribution is -2.29. The second kappa shape index (κ2) is 9.43. The Kier molecular flexibility index (Phi) is 6.15. The first-order valence-electron chi connectivity index (χ1n) is 11.3. The molecule has 5 rings (SSSR count). The van der Waals surface area contributed by atoms with Gasteiger partial charge in [0.25, 0.3) is 5.78 Å². The molecule has 4 aromatic rings. The summed E-state index contributed by atoms with van der Waals surface area (Å²) in [6, 6.07) is 15.7. The van der Waals surface area contributed by atoms with Crippen LogP contribution in [0, 0.1) is 5.82 Å². The van der Waals surface area contributed by atoms with Crippen LogP contribution >= 0.6 is 11.3 Å². The van der Waals surface area contributed by atoms with E-state index in [1.165, 1.54) is 35.2 Å². The molecule has 0 bridgehead atoms. The molecule has 0 saturated carbocycles. The number of benzene rings is 3. The van der Waals surface area contributed by atoms with Crippen LogP contribution in [0.5, 0.6) is 11.5 Å². The summed E-state index contributed by atoms with van der Waals surface area (Å²) < 4.78 is 19.9. The normalized spacial score (nSPS) is 17.2. The van der Waals surface area contributed by atoms with Crippen molar-refractivity contribution < 1.29 is 28.9 Å². The number of fused-ring (bicyclic) bond motifs is 1. The lowest BCUT2D eigenvalue weighted by molar-refractivity contribution is -0.132. The molecule has 1 aliphatic rings. The molecule has 1 unspecified atom stereocenters. The zero-order chi connectivity index (χ0) is 25.4. The molecule has 182 valence electrons. The number of hydrogen-bond donors (Lipinski definition) is 2. The van der Waals surface area contributed by atoms with Crippen LogP contribution in [0.25, 0.3) is 16.0 Å². The Labute approximate surface area is 209 Å². The van der Waals surface area contributed by atoms with Crippen molar-refractivity contribution in [1.29, 1.82) is 0 Å². The van der Waals surface area contributed by atoms with Gasteiger partial charge in [-0.25, -0.2) is 9.37 Å². The number of thiazole rings is 1. The Morgan fingerprint density at radius 2 is 1.92 bits per heavy atom. The van der Waals surface area contributed by atoms with E-state index in [4.69, 9.17) is 4.74 Å². The summed E-state index contributed by atoms with van der Waals surface area (Å²) in [7, 11) is 0. The summed E-state index contributed by atoms with van der Waals surface area (Å²) in [5, 5.41) is 21.6. The minimum atomic E-state index is -1.07. The van der Waals surface area contributed by atoms with Crippen LogP contribution in [0.15, 0.2) is 72.3 Å². The summed E-state index contributed by atoms with van der Waals surface area (Å²) in [4.78, 5) is 32.3. The average Bonchev–Trinajstić information content (AvgIpc) is 3.40. The monoisotopic (exact) mass is 504 g/mol. The Morgan fingerprint density at radius 3 is 2.69 bits per heavy atom. The van der Waals surface area contributed by atoms with Crippen LogP contribution in [0.2, 0.25) is 0 Å². The number of halogens is 1. The van der Waals surface area contributed by atoms with Crippen LogP contribution in [-0.2, 0) is 9.59 Å². The summed E-state index contributed by atoms with van der Waals surface area (Å²) in [5.74, 6) is -2.17. The second-order valence-corrected chi connectivity index (χ2v) is 9.26. The minimum absolute atomic E-state index is 0.0700.